The number of nitrogens with zero attached hydrogens (tertiary/aromatic N) is 2. The minimum Gasteiger partial charge on any atom is -0.550 e. The fourth-order valence-electron chi connectivity index (χ4n) is 11.7. The molecule has 0 aliphatic heterocycles. The molecule has 0 saturated carbocycles. The van der Waals surface area contributed by atoms with Crippen molar-refractivity contribution in [1.29, 1.82) is 0 Å². The van der Waals surface area contributed by atoms with Crippen LogP contribution in [0.25, 0.3) is 44.8 Å². The Morgan fingerprint density at radius 2 is 0.862 bits per heavy atom. The molecule has 8 aromatic rings. The first-order valence-electron chi connectivity index (χ1n) is 31.4. The Morgan fingerprint density at radius 3 is 1.22 bits per heavy atom. The zero-order chi connectivity index (χ0) is 67.5. The molecule has 6 aromatic carbocycles. The molecule has 8 N–H and O–H groups in total. The smallest absolute Gasteiger partial charge is 0.550 e. The molecule has 0 bridgehead atoms. The number of aliphatic hydroxyl groups excluding tert-OH is 4. The number of para-hydroxylation sites is 2. The van der Waals surface area contributed by atoms with Gasteiger partial charge in [0.2, 0.25) is 0 Å². The second-order valence-corrected chi connectivity index (χ2v) is 24.3. The van der Waals surface area contributed by atoms with Crippen LogP contribution in [0, 0.1) is 17.6 Å². The number of carboxylic acid groups (broad SMARTS) is 2. The first kappa shape index (κ1) is 75.2. The van der Waals surface area contributed by atoms with Crippen LogP contribution in [0.3, 0.4) is 0 Å². The summed E-state index contributed by atoms with van der Waals surface area (Å²) in [5.41, 5.74) is 15.1. The zero-order valence-corrected chi connectivity index (χ0v) is 56.1. The molecule has 2 amide bonds. The molecule has 17 nitrogen and oxygen atoms in total. The van der Waals surface area contributed by atoms with Gasteiger partial charge in [-0.1, -0.05) is 139 Å². The van der Waals surface area contributed by atoms with E-state index in [-0.39, 0.29) is 106 Å². The molecule has 94 heavy (non-hydrogen) atoms. The van der Waals surface area contributed by atoms with Crippen molar-refractivity contribution < 1.29 is 68.1 Å². The maximum atomic E-state index is 14.3. The van der Waals surface area contributed by atoms with Gasteiger partial charge in [0.15, 0.2) is 0 Å². The number of carbonyl (C=O) groups is 5. The van der Waals surface area contributed by atoms with E-state index >= 15 is 0 Å². The van der Waals surface area contributed by atoms with E-state index in [4.69, 9.17) is 10.5 Å². The molecule has 0 fully saturated rings. The normalized spacial score (nSPS) is 13.2. The first-order valence-corrected chi connectivity index (χ1v) is 31.4. The number of benzene rings is 6. The fraction of sp³-hybridized carbons (Fsp3) is 0.338. The number of aliphatic carboxylic acids is 2. The van der Waals surface area contributed by atoms with Gasteiger partial charge in [-0.15, -0.1) is 0 Å². The summed E-state index contributed by atoms with van der Waals surface area (Å²) in [5, 5.41) is 70.9. The van der Waals surface area contributed by atoms with Crippen LogP contribution in [0.5, 0.6) is 0 Å². The Hall–Kier alpha value is -7.85. The molecule has 6 atom stereocenters. The van der Waals surface area contributed by atoms with Crippen LogP contribution >= 0.6 is 0 Å². The van der Waals surface area contributed by atoms with Crippen molar-refractivity contribution in [2.45, 2.75) is 154 Å². The van der Waals surface area contributed by atoms with Crippen LogP contribution in [0.15, 0.2) is 170 Å². The van der Waals surface area contributed by atoms with Crippen LogP contribution < -0.4 is 26.6 Å². The van der Waals surface area contributed by atoms with Gasteiger partial charge in [0.05, 0.1) is 53.4 Å². The Bertz CT molecular complexity index is 3740. The van der Waals surface area contributed by atoms with Crippen LogP contribution in [0.1, 0.15) is 137 Å². The standard InChI is InChI=1S/C41H50FN3O7.C33H35FN2O5.Ca/c1-25(2)21-33(43)34(47)24-36(50)52-32(23-35(48)49)22-31(46)19-20-45-39(26(3)4)38(41(51)44-30-13-9-6-10-14-30)37(27-11-7-5-8-12-27)40(45)28-15-17-29(42)18-16-28;1-21(2)31-30(33(41)35-25-11-7-4-8-12-25)29(22-9-5-3-6-10-22)32(23-13-15-24(34)16-14-23)36(31)18-17-26(37)19-27(38)20-28(39)40;/h5-18,25-26,31-34,46-47H,19-24,43H2,1-4H3,(H,44,51)(H,48,49);3-16,21,26-27,37-38H,17-20H2,1-2H3,(H,35,41)(H,39,40);/q;;+2/p-2/t31-,32-,33+,34+;26-,27-;/m11./s1. The number of nitrogens with two attached hydrogens (primary N) is 1. The minimum atomic E-state index is -1.46. The summed E-state index contributed by atoms with van der Waals surface area (Å²) in [6.45, 7) is 12.2. The van der Waals surface area contributed by atoms with E-state index in [2.05, 4.69) is 10.6 Å². The average Bonchev–Trinajstić information content (AvgIpc) is 1.60. The SMILES string of the molecule is CC(C)C[C@H](N)[C@@H](O)CC(=O)O[C@@H](CC(=O)[O-])C[C@H](O)CCn1c(-c2ccc(F)cc2)c(-c2ccccc2)c(C(=O)Nc2ccccc2)c1C(C)C.CC(C)c1c(C(=O)Nc2ccccc2)c(-c2ccccc2)c(-c2ccc(F)cc2)n1CC[C@@H](O)C[C@@H](O)CC(=O)[O-].[Ca+2]. The van der Waals surface area contributed by atoms with Crippen molar-refractivity contribution in [1.82, 2.24) is 9.13 Å². The number of amides is 2. The summed E-state index contributed by atoms with van der Waals surface area (Å²) in [5.74, 6) is -5.26. The van der Waals surface area contributed by atoms with E-state index < -0.39 is 85.4 Å². The molecule has 0 spiro atoms. The van der Waals surface area contributed by atoms with Gasteiger partial charge in [0.1, 0.15) is 17.7 Å². The summed E-state index contributed by atoms with van der Waals surface area (Å²) in [6.07, 6.45) is -7.04. The molecular formula is C74H83CaF2N5O12. The minimum absolute atomic E-state index is 0. The van der Waals surface area contributed by atoms with E-state index in [1.807, 2.05) is 148 Å². The van der Waals surface area contributed by atoms with Crippen molar-refractivity contribution >= 4 is 78.8 Å². The number of carboxylic acids is 2. The number of aromatic nitrogens is 2. The van der Waals surface area contributed by atoms with Gasteiger partial charge in [-0.25, -0.2) is 8.78 Å². The van der Waals surface area contributed by atoms with Gasteiger partial charge in [0.25, 0.3) is 11.8 Å². The summed E-state index contributed by atoms with van der Waals surface area (Å²) in [6, 6.07) is 48.5. The van der Waals surface area contributed by atoms with Crippen molar-refractivity contribution in [3.8, 4) is 44.8 Å². The number of hydrogen-bond donors (Lipinski definition) is 7. The number of ether oxygens (including phenoxy) is 1. The molecule has 2 heterocycles. The molecule has 8 rings (SSSR count). The Morgan fingerprint density at radius 1 is 0.489 bits per heavy atom. The second kappa shape index (κ2) is 36.1. The predicted molar refractivity (Wildman–Crippen MR) is 357 cm³/mol. The van der Waals surface area contributed by atoms with Crippen molar-refractivity contribution in [2.75, 3.05) is 10.6 Å². The molecule has 0 aliphatic rings. The first-order chi connectivity index (χ1) is 44.4. The molecule has 0 aliphatic carbocycles. The fourth-order valence-corrected chi connectivity index (χ4v) is 11.7. The third-order valence-corrected chi connectivity index (χ3v) is 15.7. The molecular weight excluding hydrogens is 1230 g/mol. The molecule has 492 valence electrons. The number of anilines is 2. The van der Waals surface area contributed by atoms with Gasteiger partial charge in [0, 0.05) is 84.2 Å². The van der Waals surface area contributed by atoms with Crippen molar-refractivity contribution in [3.05, 3.63) is 204 Å². The third kappa shape index (κ3) is 21.1. The summed E-state index contributed by atoms with van der Waals surface area (Å²) in [4.78, 5) is 63.5. The molecule has 0 radical (unpaired) electrons. The van der Waals surface area contributed by atoms with Crippen molar-refractivity contribution in [3.63, 3.8) is 0 Å². The van der Waals surface area contributed by atoms with E-state index in [1.54, 1.807) is 48.5 Å². The predicted octanol–water partition coefficient (Wildman–Crippen LogP) is 10.3. The van der Waals surface area contributed by atoms with E-state index in [0.29, 0.717) is 68.3 Å². The summed E-state index contributed by atoms with van der Waals surface area (Å²) < 4.78 is 37.6. The third-order valence-electron chi connectivity index (χ3n) is 15.7. The number of esters is 1. The van der Waals surface area contributed by atoms with Gasteiger partial charge in [-0.2, -0.15) is 0 Å². The van der Waals surface area contributed by atoms with E-state index in [1.165, 1.54) is 24.3 Å². The zero-order valence-electron chi connectivity index (χ0n) is 53.9. The number of hydrogen-bond acceptors (Lipinski definition) is 13. The Labute approximate surface area is 577 Å². The van der Waals surface area contributed by atoms with Crippen LogP contribution in [0.2, 0.25) is 0 Å². The molecule has 0 saturated heterocycles. The van der Waals surface area contributed by atoms with Gasteiger partial charge in [-0.3, -0.25) is 14.4 Å². The summed E-state index contributed by atoms with van der Waals surface area (Å²) >= 11 is 0. The summed E-state index contributed by atoms with van der Waals surface area (Å²) in [7, 11) is 0. The molecule has 2 aromatic heterocycles. The molecule has 20 heteroatoms. The van der Waals surface area contributed by atoms with Gasteiger partial charge >= 0.3 is 43.7 Å². The van der Waals surface area contributed by atoms with Gasteiger partial charge in [-0.05, 0) is 138 Å². The Balaban J connectivity index is 0.000000303. The Kier molecular flexibility index (Phi) is 28.9. The average molecular weight is 1310 g/mol. The topological polar surface area (TPSA) is 282 Å². The van der Waals surface area contributed by atoms with E-state index in [9.17, 15) is 63.4 Å². The monoisotopic (exact) mass is 1310 g/mol. The second-order valence-electron chi connectivity index (χ2n) is 24.3. The number of aliphatic hydroxyl groups is 4. The number of halogens is 2. The maximum Gasteiger partial charge on any atom is 2.00 e. The number of nitrogens with one attached hydrogen (secondary N) is 2. The largest absolute Gasteiger partial charge is 2.00 e. The quantitative estimate of drug-likeness (QED) is 0.0163. The number of rotatable bonds is 30. The van der Waals surface area contributed by atoms with Crippen LogP contribution in [-0.4, -0.2) is 134 Å². The van der Waals surface area contributed by atoms with Crippen molar-refractivity contribution in [2.24, 2.45) is 11.7 Å². The number of carbonyl (C=O) groups excluding carboxylic acids is 5. The molecule has 0 unspecified atom stereocenters. The van der Waals surface area contributed by atoms with E-state index in [0.717, 1.165) is 16.8 Å². The van der Waals surface area contributed by atoms with Gasteiger partial charge < -0.3 is 70.5 Å². The van der Waals surface area contributed by atoms with Crippen LogP contribution in [0.4, 0.5) is 20.2 Å². The maximum absolute atomic E-state index is 14.3. The van der Waals surface area contributed by atoms with Crippen LogP contribution in [-0.2, 0) is 32.2 Å².